The van der Waals surface area contributed by atoms with E-state index in [1.54, 1.807) is 6.08 Å². The van der Waals surface area contributed by atoms with E-state index < -0.39 is 86.8 Å². The van der Waals surface area contributed by atoms with Gasteiger partial charge in [0.25, 0.3) is 0 Å². The maximum Gasteiger partial charge on any atom is 0.220 e. The summed E-state index contributed by atoms with van der Waals surface area (Å²) in [7, 11) is 0. The predicted octanol–water partition coefficient (Wildman–Crippen LogP) is 8.44. The molecule has 9 N–H and O–H groups in total. The Labute approximate surface area is 423 Å². The van der Waals surface area contributed by atoms with Crippen molar-refractivity contribution in [3.63, 3.8) is 0 Å². The molecule has 12 atom stereocenters. The number of allylic oxidation sites excluding steroid dienone is 7. The van der Waals surface area contributed by atoms with Gasteiger partial charge in [0.1, 0.15) is 48.8 Å². The fourth-order valence-electron chi connectivity index (χ4n) is 8.89. The third kappa shape index (κ3) is 28.4. The number of hydrogen-bond acceptors (Lipinski definition) is 13. The van der Waals surface area contributed by atoms with Gasteiger partial charge in [-0.1, -0.05) is 184 Å². The monoisotopic (exact) mass is 996 g/mol. The normalized spacial score (nSPS) is 26.3. The topological polar surface area (TPSA) is 228 Å². The predicted molar refractivity (Wildman–Crippen MR) is 277 cm³/mol. The van der Waals surface area contributed by atoms with Crippen LogP contribution in [0.5, 0.6) is 0 Å². The maximum atomic E-state index is 13.1. The molecule has 2 aliphatic heterocycles. The highest BCUT2D eigenvalue weighted by molar-refractivity contribution is 5.76. The van der Waals surface area contributed by atoms with Crippen molar-refractivity contribution >= 4 is 5.91 Å². The first kappa shape index (κ1) is 64.1. The van der Waals surface area contributed by atoms with E-state index in [0.29, 0.717) is 12.8 Å². The summed E-state index contributed by atoms with van der Waals surface area (Å²) in [5.74, 6) is -0.266. The van der Waals surface area contributed by atoms with Crippen molar-refractivity contribution < 1.29 is 64.6 Å². The molecular formula is C56H101NO13. The Morgan fingerprint density at radius 3 is 1.44 bits per heavy atom. The Balaban J connectivity index is 1.79. The molecule has 2 aliphatic rings. The second kappa shape index (κ2) is 42.3. The van der Waals surface area contributed by atoms with Crippen molar-refractivity contribution in [3.05, 3.63) is 48.6 Å². The summed E-state index contributed by atoms with van der Waals surface area (Å²) in [6.07, 6.45) is 34.6. The summed E-state index contributed by atoms with van der Waals surface area (Å²) < 4.78 is 22.7. The fraction of sp³-hybridized carbons (Fsp3) is 0.839. The van der Waals surface area contributed by atoms with Gasteiger partial charge in [0.05, 0.1) is 32.0 Å². The Morgan fingerprint density at radius 2 is 0.929 bits per heavy atom. The average Bonchev–Trinajstić information content (AvgIpc) is 3.36. The van der Waals surface area contributed by atoms with Gasteiger partial charge in [0, 0.05) is 6.42 Å². The SMILES string of the molecule is CCCC/C=C\CCCCCCCC(=O)NC(COC1OC(CO)C(OC2OC(CO)C(O)C(O)C2O)C(O)C1O)C(O)/C=C/CC/C=C/CC/C=C/CCCCCCCCCCCCCCCCC. The molecule has 12 unspecified atom stereocenters. The lowest BCUT2D eigenvalue weighted by Gasteiger charge is -2.46. The second-order valence-electron chi connectivity index (χ2n) is 19.7. The number of unbranched alkanes of at least 4 members (excludes halogenated alkanes) is 24. The Morgan fingerprint density at radius 1 is 0.500 bits per heavy atom. The molecule has 0 aromatic carbocycles. The lowest BCUT2D eigenvalue weighted by atomic mass is 9.97. The van der Waals surface area contributed by atoms with Crippen LogP contribution in [-0.2, 0) is 23.7 Å². The van der Waals surface area contributed by atoms with E-state index in [0.717, 1.165) is 64.2 Å². The zero-order chi connectivity index (χ0) is 51.0. The minimum absolute atomic E-state index is 0.258. The fourth-order valence-corrected chi connectivity index (χ4v) is 8.89. The third-order valence-corrected chi connectivity index (χ3v) is 13.5. The number of nitrogens with one attached hydrogen (secondary N) is 1. The Kier molecular flexibility index (Phi) is 38.7. The minimum atomic E-state index is -1.79. The van der Waals surface area contributed by atoms with E-state index in [-0.39, 0.29) is 18.9 Å². The molecule has 408 valence electrons. The van der Waals surface area contributed by atoms with Crippen LogP contribution in [-0.4, -0.2) is 140 Å². The molecular weight excluding hydrogens is 895 g/mol. The van der Waals surface area contributed by atoms with Gasteiger partial charge < -0.3 is 65.1 Å². The highest BCUT2D eigenvalue weighted by Gasteiger charge is 2.51. The van der Waals surface area contributed by atoms with Crippen LogP contribution in [0.2, 0.25) is 0 Å². The molecule has 2 saturated heterocycles. The van der Waals surface area contributed by atoms with Crippen LogP contribution in [0.25, 0.3) is 0 Å². The average molecular weight is 996 g/mol. The number of ether oxygens (including phenoxy) is 4. The van der Waals surface area contributed by atoms with E-state index >= 15 is 0 Å². The van der Waals surface area contributed by atoms with Gasteiger partial charge in [-0.05, 0) is 64.2 Å². The van der Waals surface area contributed by atoms with Gasteiger partial charge in [-0.25, -0.2) is 0 Å². The zero-order valence-electron chi connectivity index (χ0n) is 43.5. The van der Waals surface area contributed by atoms with E-state index in [1.807, 2.05) is 6.08 Å². The maximum absolute atomic E-state index is 13.1. The van der Waals surface area contributed by atoms with Crippen LogP contribution in [0.4, 0.5) is 0 Å². The summed E-state index contributed by atoms with van der Waals surface area (Å²) in [5, 5.41) is 86.8. The zero-order valence-corrected chi connectivity index (χ0v) is 43.5. The molecule has 14 heteroatoms. The van der Waals surface area contributed by atoms with E-state index in [4.69, 9.17) is 18.9 Å². The molecule has 2 fully saturated rings. The number of aliphatic hydroxyl groups is 8. The summed E-state index contributed by atoms with van der Waals surface area (Å²) in [4.78, 5) is 13.1. The number of carbonyl (C=O) groups excluding carboxylic acids is 1. The lowest BCUT2D eigenvalue weighted by molar-refractivity contribution is -0.359. The number of aliphatic hydroxyl groups excluding tert-OH is 8. The second-order valence-corrected chi connectivity index (χ2v) is 19.7. The molecule has 0 saturated carbocycles. The highest BCUT2D eigenvalue weighted by Crippen LogP contribution is 2.30. The van der Waals surface area contributed by atoms with Crippen molar-refractivity contribution in [2.45, 2.75) is 280 Å². The van der Waals surface area contributed by atoms with E-state index in [9.17, 15) is 45.6 Å². The molecule has 0 aliphatic carbocycles. The van der Waals surface area contributed by atoms with Gasteiger partial charge in [0.2, 0.25) is 5.91 Å². The van der Waals surface area contributed by atoms with E-state index in [2.05, 4.69) is 55.6 Å². The van der Waals surface area contributed by atoms with Crippen LogP contribution < -0.4 is 5.32 Å². The molecule has 2 heterocycles. The minimum Gasteiger partial charge on any atom is -0.394 e. The lowest BCUT2D eigenvalue weighted by Crippen LogP contribution is -2.65. The van der Waals surface area contributed by atoms with Crippen LogP contribution in [0, 0.1) is 0 Å². The molecule has 1 amide bonds. The van der Waals surface area contributed by atoms with Gasteiger partial charge in [-0.3, -0.25) is 4.79 Å². The molecule has 0 spiro atoms. The van der Waals surface area contributed by atoms with Crippen LogP contribution >= 0.6 is 0 Å². The van der Waals surface area contributed by atoms with Gasteiger partial charge in [-0.2, -0.15) is 0 Å². The first-order valence-corrected chi connectivity index (χ1v) is 27.9. The summed E-state index contributed by atoms with van der Waals surface area (Å²) >= 11 is 0. The Bertz CT molecular complexity index is 1360. The number of amides is 1. The summed E-state index contributed by atoms with van der Waals surface area (Å²) in [6, 6.07) is -0.941. The summed E-state index contributed by atoms with van der Waals surface area (Å²) in [6.45, 7) is 2.71. The first-order valence-electron chi connectivity index (χ1n) is 27.9. The molecule has 14 nitrogen and oxygen atoms in total. The molecule has 0 aromatic heterocycles. The van der Waals surface area contributed by atoms with Crippen molar-refractivity contribution in [3.8, 4) is 0 Å². The largest absolute Gasteiger partial charge is 0.394 e. The number of rotatable bonds is 43. The van der Waals surface area contributed by atoms with Crippen LogP contribution in [0.15, 0.2) is 48.6 Å². The molecule has 0 radical (unpaired) electrons. The van der Waals surface area contributed by atoms with E-state index in [1.165, 1.54) is 109 Å². The molecule has 0 aromatic rings. The molecule has 0 bridgehead atoms. The standard InChI is InChI=1S/C56H101NO13/c1-3-5-7-9-11-13-15-16-17-18-19-20-21-22-23-24-25-26-27-28-30-31-33-35-37-39-45(60)44(57-48(61)40-38-36-34-32-29-14-12-10-8-6-4-2)43-67-55-53(66)51(64)54(47(42-59)69-55)70-56-52(65)50(63)49(62)46(41-58)68-56/h10,12,25-26,30-31,37,39,44-47,49-56,58-60,62-66H,3-9,11,13-24,27-29,32-36,38,40-43H2,1-2H3,(H,57,61)/b12-10-,26-25+,31-30+,39-37+. The van der Waals surface area contributed by atoms with Gasteiger partial charge >= 0.3 is 0 Å². The highest BCUT2D eigenvalue weighted by atomic mass is 16.7. The smallest absolute Gasteiger partial charge is 0.220 e. The van der Waals surface area contributed by atoms with Crippen LogP contribution in [0.3, 0.4) is 0 Å². The number of carbonyl (C=O) groups is 1. The number of hydrogen-bond donors (Lipinski definition) is 9. The molecule has 2 rings (SSSR count). The van der Waals surface area contributed by atoms with Crippen LogP contribution in [0.1, 0.15) is 206 Å². The first-order chi connectivity index (χ1) is 34.1. The molecule has 70 heavy (non-hydrogen) atoms. The third-order valence-electron chi connectivity index (χ3n) is 13.5. The quantitative estimate of drug-likeness (QED) is 0.0207. The van der Waals surface area contributed by atoms with Crippen molar-refractivity contribution in [2.24, 2.45) is 0 Å². The Hall–Kier alpha value is -2.05. The summed E-state index contributed by atoms with van der Waals surface area (Å²) in [5.41, 5.74) is 0. The van der Waals surface area contributed by atoms with Crippen molar-refractivity contribution in [1.82, 2.24) is 5.32 Å². The van der Waals surface area contributed by atoms with Gasteiger partial charge in [-0.15, -0.1) is 0 Å². The van der Waals surface area contributed by atoms with Crippen molar-refractivity contribution in [2.75, 3.05) is 19.8 Å². The van der Waals surface area contributed by atoms with Crippen molar-refractivity contribution in [1.29, 1.82) is 0 Å². The van der Waals surface area contributed by atoms with Gasteiger partial charge in [0.15, 0.2) is 12.6 Å².